The summed E-state index contributed by atoms with van der Waals surface area (Å²) in [6.45, 7) is 0. The van der Waals surface area contributed by atoms with Crippen molar-refractivity contribution in [3.8, 4) is 0 Å². The SMILES string of the molecule is O=[N+]([O-])c1cc2c(Nc3ccc(Cl)c(C(F)(F)F)c3)ncnc2cc1Cl. The monoisotopic (exact) mass is 402 g/mol. The lowest BCUT2D eigenvalue weighted by molar-refractivity contribution is -0.384. The summed E-state index contributed by atoms with van der Waals surface area (Å²) >= 11 is 11.4. The number of halogens is 5. The molecule has 2 aromatic carbocycles. The van der Waals surface area contributed by atoms with E-state index in [9.17, 15) is 23.3 Å². The third kappa shape index (κ3) is 3.49. The van der Waals surface area contributed by atoms with Crippen molar-refractivity contribution in [2.24, 2.45) is 0 Å². The summed E-state index contributed by atoms with van der Waals surface area (Å²) in [6, 6.07) is 5.68. The van der Waals surface area contributed by atoms with Crippen LogP contribution in [0.1, 0.15) is 5.56 Å². The fraction of sp³-hybridized carbons (Fsp3) is 0.0667. The number of fused-ring (bicyclic) bond motifs is 1. The van der Waals surface area contributed by atoms with Gasteiger partial charge in [0.15, 0.2) is 0 Å². The Balaban J connectivity index is 2.10. The van der Waals surface area contributed by atoms with Crippen molar-refractivity contribution in [2.75, 3.05) is 5.32 Å². The van der Waals surface area contributed by atoms with Crippen molar-refractivity contribution in [1.82, 2.24) is 9.97 Å². The second kappa shape index (κ2) is 6.58. The molecule has 3 aromatic rings. The topological polar surface area (TPSA) is 81.0 Å². The first-order valence-electron chi connectivity index (χ1n) is 6.89. The third-order valence-electron chi connectivity index (χ3n) is 3.44. The van der Waals surface area contributed by atoms with Crippen molar-refractivity contribution < 1.29 is 18.1 Å². The molecule has 0 unspecified atom stereocenters. The van der Waals surface area contributed by atoms with E-state index in [4.69, 9.17) is 23.2 Å². The molecule has 0 fully saturated rings. The summed E-state index contributed by atoms with van der Waals surface area (Å²) in [6.07, 6.45) is -3.47. The number of nitro benzene ring substituents is 1. The van der Waals surface area contributed by atoms with E-state index in [0.717, 1.165) is 24.5 Å². The Bertz CT molecular complexity index is 1030. The maximum atomic E-state index is 13.0. The Hall–Kier alpha value is -2.65. The van der Waals surface area contributed by atoms with Gasteiger partial charge in [-0.05, 0) is 24.3 Å². The van der Waals surface area contributed by atoms with Crippen LogP contribution in [0.3, 0.4) is 0 Å². The number of rotatable bonds is 3. The molecule has 0 bridgehead atoms. The molecule has 0 spiro atoms. The molecule has 11 heteroatoms. The van der Waals surface area contributed by atoms with Crippen LogP contribution < -0.4 is 5.32 Å². The summed E-state index contributed by atoms with van der Waals surface area (Å²) in [5.41, 5.74) is -1.04. The number of hydrogen-bond acceptors (Lipinski definition) is 5. The van der Waals surface area contributed by atoms with Gasteiger partial charge >= 0.3 is 6.18 Å². The van der Waals surface area contributed by atoms with Crippen LogP contribution in [0.5, 0.6) is 0 Å². The fourth-order valence-electron chi connectivity index (χ4n) is 2.26. The minimum absolute atomic E-state index is 0.0549. The Morgan fingerprint density at radius 2 is 1.81 bits per heavy atom. The standard InChI is InChI=1S/C15H7Cl2F3N4O2/c16-10-2-1-7(3-9(10)15(18,19)20)23-14-8-4-13(24(25)26)11(17)5-12(8)21-6-22-14/h1-6H,(H,21,22,23). The zero-order valence-electron chi connectivity index (χ0n) is 12.5. The molecule has 134 valence electrons. The van der Waals surface area contributed by atoms with Gasteiger partial charge < -0.3 is 5.32 Å². The maximum Gasteiger partial charge on any atom is 0.417 e. The number of nitrogens with one attached hydrogen (secondary N) is 1. The molecular formula is C15H7Cl2F3N4O2. The van der Waals surface area contributed by atoms with Crippen LogP contribution in [-0.2, 0) is 6.18 Å². The zero-order valence-corrected chi connectivity index (χ0v) is 14.0. The first kappa shape index (κ1) is 18.2. The van der Waals surface area contributed by atoms with Gasteiger partial charge in [0.2, 0.25) is 0 Å². The van der Waals surface area contributed by atoms with Crippen LogP contribution in [0.15, 0.2) is 36.7 Å². The molecule has 0 aliphatic carbocycles. The van der Waals surface area contributed by atoms with E-state index in [1.165, 1.54) is 12.1 Å². The van der Waals surface area contributed by atoms with E-state index in [0.29, 0.717) is 5.52 Å². The Morgan fingerprint density at radius 1 is 1.08 bits per heavy atom. The van der Waals surface area contributed by atoms with Crippen molar-refractivity contribution in [2.45, 2.75) is 6.18 Å². The van der Waals surface area contributed by atoms with Crippen molar-refractivity contribution in [3.05, 3.63) is 62.4 Å². The minimum atomic E-state index is -4.63. The van der Waals surface area contributed by atoms with Crippen LogP contribution in [0, 0.1) is 10.1 Å². The second-order valence-corrected chi connectivity index (χ2v) is 5.93. The molecule has 0 aliphatic rings. The molecular weight excluding hydrogens is 396 g/mol. The van der Waals surface area contributed by atoms with Crippen LogP contribution in [0.4, 0.5) is 30.4 Å². The molecule has 3 rings (SSSR count). The first-order valence-corrected chi connectivity index (χ1v) is 7.65. The predicted molar refractivity (Wildman–Crippen MR) is 90.9 cm³/mol. The lowest BCUT2D eigenvalue weighted by Gasteiger charge is -2.13. The van der Waals surface area contributed by atoms with Gasteiger partial charge in [-0.2, -0.15) is 13.2 Å². The maximum absolute atomic E-state index is 13.0. The average molecular weight is 403 g/mol. The van der Waals surface area contributed by atoms with E-state index in [1.807, 2.05) is 0 Å². The molecule has 26 heavy (non-hydrogen) atoms. The van der Waals surface area contributed by atoms with Crippen LogP contribution in [0.25, 0.3) is 10.9 Å². The van der Waals surface area contributed by atoms with Crippen molar-refractivity contribution in [3.63, 3.8) is 0 Å². The Kier molecular flexibility index (Phi) is 4.59. The zero-order chi connectivity index (χ0) is 19.1. The Labute approximate surface area is 153 Å². The van der Waals surface area contributed by atoms with Crippen LogP contribution in [-0.4, -0.2) is 14.9 Å². The van der Waals surface area contributed by atoms with E-state index in [1.54, 1.807) is 0 Å². The molecule has 6 nitrogen and oxygen atoms in total. The van der Waals surface area contributed by atoms with E-state index in [-0.39, 0.29) is 27.6 Å². The lowest BCUT2D eigenvalue weighted by atomic mass is 10.1. The van der Waals surface area contributed by atoms with Gasteiger partial charge in [0, 0.05) is 17.1 Å². The highest BCUT2D eigenvalue weighted by molar-refractivity contribution is 6.33. The van der Waals surface area contributed by atoms with Crippen LogP contribution >= 0.6 is 23.2 Å². The molecule has 0 amide bonds. The lowest BCUT2D eigenvalue weighted by Crippen LogP contribution is -2.07. The summed E-state index contributed by atoms with van der Waals surface area (Å²) in [7, 11) is 0. The van der Waals surface area contributed by atoms with Gasteiger partial charge in [-0.1, -0.05) is 23.2 Å². The molecule has 1 heterocycles. The van der Waals surface area contributed by atoms with Crippen molar-refractivity contribution in [1.29, 1.82) is 0 Å². The summed E-state index contributed by atoms with van der Waals surface area (Å²) in [4.78, 5) is 18.3. The largest absolute Gasteiger partial charge is 0.417 e. The number of aromatic nitrogens is 2. The quantitative estimate of drug-likeness (QED) is 0.454. The number of alkyl halides is 3. The van der Waals surface area contributed by atoms with E-state index < -0.39 is 21.7 Å². The fourth-order valence-corrected chi connectivity index (χ4v) is 2.71. The molecule has 0 atom stereocenters. The molecule has 0 saturated carbocycles. The highest BCUT2D eigenvalue weighted by Gasteiger charge is 2.33. The van der Waals surface area contributed by atoms with Gasteiger partial charge in [-0.25, -0.2) is 9.97 Å². The predicted octanol–water partition coefficient (Wildman–Crippen LogP) is 5.61. The summed E-state index contributed by atoms with van der Waals surface area (Å²) < 4.78 is 38.9. The Morgan fingerprint density at radius 3 is 2.46 bits per heavy atom. The van der Waals surface area contributed by atoms with Gasteiger partial charge in [0.05, 0.1) is 21.0 Å². The average Bonchev–Trinajstić information content (AvgIpc) is 2.55. The number of nitro groups is 1. The first-order chi connectivity index (χ1) is 12.2. The number of benzene rings is 2. The second-order valence-electron chi connectivity index (χ2n) is 5.12. The van der Waals surface area contributed by atoms with E-state index >= 15 is 0 Å². The normalized spacial score (nSPS) is 11.6. The number of anilines is 2. The molecule has 0 radical (unpaired) electrons. The highest BCUT2D eigenvalue weighted by Crippen LogP contribution is 2.37. The summed E-state index contributed by atoms with van der Waals surface area (Å²) in [5, 5.41) is 13.4. The third-order valence-corrected chi connectivity index (χ3v) is 4.07. The van der Waals surface area contributed by atoms with Gasteiger partial charge in [0.25, 0.3) is 5.69 Å². The van der Waals surface area contributed by atoms with Gasteiger partial charge in [-0.3, -0.25) is 10.1 Å². The summed E-state index contributed by atoms with van der Waals surface area (Å²) in [5.74, 6) is 0.0882. The van der Waals surface area contributed by atoms with E-state index in [2.05, 4.69) is 15.3 Å². The molecule has 1 N–H and O–H groups in total. The number of nitrogens with zero attached hydrogens (tertiary/aromatic N) is 3. The van der Waals surface area contributed by atoms with Gasteiger partial charge in [0.1, 0.15) is 17.2 Å². The van der Waals surface area contributed by atoms with Gasteiger partial charge in [-0.15, -0.1) is 0 Å². The molecule has 1 aromatic heterocycles. The highest BCUT2D eigenvalue weighted by atomic mass is 35.5. The molecule has 0 aliphatic heterocycles. The minimum Gasteiger partial charge on any atom is -0.340 e. The van der Waals surface area contributed by atoms with Crippen LogP contribution in [0.2, 0.25) is 10.0 Å². The molecule has 0 saturated heterocycles. The smallest absolute Gasteiger partial charge is 0.340 e. The number of hydrogen-bond donors (Lipinski definition) is 1. The van der Waals surface area contributed by atoms with Crippen molar-refractivity contribution >= 4 is 51.3 Å².